The molecule has 1 aromatic carbocycles. The second-order valence-electron chi connectivity index (χ2n) is 11.1. The Morgan fingerprint density at radius 1 is 1.07 bits per heavy atom. The number of rotatable bonds is 11. The zero-order valence-electron chi connectivity index (χ0n) is 25.8. The van der Waals surface area contributed by atoms with Crippen LogP contribution in [0.15, 0.2) is 42.5 Å². The van der Waals surface area contributed by atoms with Crippen molar-refractivity contribution in [3.05, 3.63) is 53.9 Å². The minimum absolute atomic E-state index is 0.00631. The van der Waals surface area contributed by atoms with Gasteiger partial charge in [-0.15, -0.1) is 5.06 Å². The number of hydrogen-bond donors (Lipinski definition) is 2. The van der Waals surface area contributed by atoms with Crippen LogP contribution >= 0.6 is 0 Å². The lowest BCUT2D eigenvalue weighted by molar-refractivity contribution is -0.158. The van der Waals surface area contributed by atoms with Crippen molar-refractivity contribution in [2.24, 2.45) is 0 Å². The molecule has 0 spiro atoms. The first-order valence-corrected chi connectivity index (χ1v) is 14.6. The van der Waals surface area contributed by atoms with Gasteiger partial charge in [0.1, 0.15) is 17.3 Å². The molecular formula is C31H41N5O8. The lowest BCUT2D eigenvalue weighted by Crippen LogP contribution is -2.55. The normalized spacial score (nSPS) is 15.4. The van der Waals surface area contributed by atoms with Crippen LogP contribution in [0.1, 0.15) is 63.6 Å². The van der Waals surface area contributed by atoms with E-state index in [1.165, 1.54) is 22.1 Å². The van der Waals surface area contributed by atoms with Crippen LogP contribution in [0, 0.1) is 0 Å². The third-order valence-electron chi connectivity index (χ3n) is 6.23. The van der Waals surface area contributed by atoms with Crippen molar-refractivity contribution in [1.29, 1.82) is 0 Å². The zero-order valence-corrected chi connectivity index (χ0v) is 25.8. The molecule has 2 heterocycles. The number of aliphatic hydroxyl groups excluding tert-OH is 1. The second kappa shape index (κ2) is 15.9. The first-order chi connectivity index (χ1) is 20.8. The average molecular weight is 612 g/mol. The standard InChI is InChI=1S/C31H41N5O8/c1-6-42-30(41)44-36-18-16-35(17-19-36)29(40)24(14-15-26(38)43-31(3,4)5)34-28(39)25-20-23(13-12-21(2)37)32-27(33-25)22-10-8-7-9-11-22/h7-13,20-21,24,37H,6,14-19H2,1-5H3,(H,34,39)/b13-12-/t21-,24?/m0/s1. The number of carbonyl (C=O) groups excluding carboxylic acids is 4. The summed E-state index contributed by atoms with van der Waals surface area (Å²) < 4.78 is 10.2. The minimum atomic E-state index is -1.07. The van der Waals surface area contributed by atoms with E-state index in [0.29, 0.717) is 11.3 Å². The van der Waals surface area contributed by atoms with Crippen molar-refractivity contribution < 1.29 is 38.6 Å². The molecule has 1 fully saturated rings. The Bertz CT molecular complexity index is 1320. The molecule has 2 aromatic rings. The van der Waals surface area contributed by atoms with E-state index in [4.69, 9.17) is 14.3 Å². The number of esters is 1. The van der Waals surface area contributed by atoms with Gasteiger partial charge >= 0.3 is 12.1 Å². The highest BCUT2D eigenvalue weighted by Gasteiger charge is 2.31. The highest BCUT2D eigenvalue weighted by atomic mass is 16.8. The van der Waals surface area contributed by atoms with Crippen LogP contribution in [0.4, 0.5) is 4.79 Å². The average Bonchev–Trinajstić information content (AvgIpc) is 2.97. The van der Waals surface area contributed by atoms with Gasteiger partial charge in [-0.2, -0.15) is 0 Å². The van der Waals surface area contributed by atoms with Crippen LogP contribution in [0.2, 0.25) is 0 Å². The van der Waals surface area contributed by atoms with E-state index in [1.54, 1.807) is 52.8 Å². The van der Waals surface area contributed by atoms with E-state index in [0.717, 1.165) is 0 Å². The summed E-state index contributed by atoms with van der Waals surface area (Å²) in [4.78, 5) is 67.0. The Balaban J connectivity index is 1.82. The van der Waals surface area contributed by atoms with Crippen LogP contribution in [0.5, 0.6) is 0 Å². The number of ether oxygens (including phenoxy) is 2. The summed E-state index contributed by atoms with van der Waals surface area (Å²) in [5.74, 6) is -1.25. The third-order valence-corrected chi connectivity index (χ3v) is 6.23. The summed E-state index contributed by atoms with van der Waals surface area (Å²) in [7, 11) is 0. The number of hydroxylamine groups is 2. The van der Waals surface area contributed by atoms with Crippen LogP contribution < -0.4 is 5.32 Å². The molecule has 13 nitrogen and oxygen atoms in total. The maximum atomic E-state index is 13.7. The number of nitrogens with zero attached hydrogens (tertiary/aromatic N) is 4. The molecule has 1 saturated heterocycles. The van der Waals surface area contributed by atoms with E-state index in [2.05, 4.69) is 15.3 Å². The molecule has 2 N–H and O–H groups in total. The first kappa shape index (κ1) is 34.1. The number of aliphatic hydroxyl groups is 1. The highest BCUT2D eigenvalue weighted by Crippen LogP contribution is 2.18. The smallest absolute Gasteiger partial charge is 0.460 e. The van der Waals surface area contributed by atoms with Crippen LogP contribution in [0.3, 0.4) is 0 Å². The summed E-state index contributed by atoms with van der Waals surface area (Å²) in [6, 6.07) is 9.48. The zero-order chi connectivity index (χ0) is 32.3. The molecule has 0 bridgehead atoms. The molecule has 13 heteroatoms. The van der Waals surface area contributed by atoms with Crippen LogP contribution in [-0.4, -0.2) is 99.5 Å². The molecule has 238 valence electrons. The van der Waals surface area contributed by atoms with E-state index in [-0.39, 0.29) is 57.1 Å². The number of piperazine rings is 1. The summed E-state index contributed by atoms with van der Waals surface area (Å²) in [5.41, 5.74) is 0.361. The monoisotopic (exact) mass is 611 g/mol. The molecule has 1 aromatic heterocycles. The Labute approximate surface area is 257 Å². The Hall–Kier alpha value is -4.36. The predicted molar refractivity (Wildman–Crippen MR) is 161 cm³/mol. The summed E-state index contributed by atoms with van der Waals surface area (Å²) in [6.07, 6.45) is 1.43. The number of hydrogen-bond acceptors (Lipinski definition) is 11. The number of nitrogens with one attached hydrogen (secondary N) is 1. The lowest BCUT2D eigenvalue weighted by Gasteiger charge is -2.35. The number of benzene rings is 1. The Morgan fingerprint density at radius 3 is 2.36 bits per heavy atom. The van der Waals surface area contributed by atoms with Gasteiger partial charge in [-0.25, -0.2) is 14.8 Å². The number of aromatic nitrogens is 2. The van der Waals surface area contributed by atoms with Crippen molar-refractivity contribution >= 4 is 30.0 Å². The van der Waals surface area contributed by atoms with Gasteiger partial charge in [-0.1, -0.05) is 36.4 Å². The fourth-order valence-corrected chi connectivity index (χ4v) is 4.24. The van der Waals surface area contributed by atoms with Crippen molar-refractivity contribution in [3.63, 3.8) is 0 Å². The lowest BCUT2D eigenvalue weighted by atomic mass is 10.1. The SMILES string of the molecule is CCOC(=O)ON1CCN(C(=O)C(CCC(=O)OC(C)(C)C)NC(=O)c2cc(/C=C\[C@H](C)O)nc(-c3ccccc3)n2)CC1. The molecule has 0 radical (unpaired) electrons. The van der Waals surface area contributed by atoms with Gasteiger partial charge < -0.3 is 29.6 Å². The second-order valence-corrected chi connectivity index (χ2v) is 11.1. The molecule has 1 aliphatic heterocycles. The molecule has 1 aliphatic rings. The largest absolute Gasteiger partial charge is 0.527 e. The van der Waals surface area contributed by atoms with Gasteiger partial charge in [-0.05, 0) is 53.2 Å². The highest BCUT2D eigenvalue weighted by molar-refractivity contribution is 5.97. The summed E-state index contributed by atoms with van der Waals surface area (Å²) >= 11 is 0. The Kier molecular flexibility index (Phi) is 12.4. The fourth-order valence-electron chi connectivity index (χ4n) is 4.24. The van der Waals surface area contributed by atoms with Gasteiger partial charge in [0.25, 0.3) is 5.91 Å². The number of carbonyl (C=O) groups is 4. The molecule has 3 rings (SSSR count). The molecular weight excluding hydrogens is 570 g/mol. The molecule has 2 atom stereocenters. The predicted octanol–water partition coefficient (Wildman–Crippen LogP) is 2.99. The molecule has 44 heavy (non-hydrogen) atoms. The first-order valence-electron chi connectivity index (χ1n) is 14.6. The number of amides is 2. The van der Waals surface area contributed by atoms with E-state index in [1.807, 2.05) is 18.2 Å². The maximum Gasteiger partial charge on any atom is 0.527 e. The van der Waals surface area contributed by atoms with Gasteiger partial charge in [0.15, 0.2) is 5.82 Å². The maximum absolute atomic E-state index is 13.7. The third kappa shape index (κ3) is 11.0. The quantitative estimate of drug-likeness (QED) is 0.360. The van der Waals surface area contributed by atoms with Crippen molar-refractivity contribution in [2.45, 2.75) is 65.2 Å². The van der Waals surface area contributed by atoms with E-state index >= 15 is 0 Å². The Morgan fingerprint density at radius 2 is 1.75 bits per heavy atom. The van der Waals surface area contributed by atoms with Crippen molar-refractivity contribution in [2.75, 3.05) is 32.8 Å². The van der Waals surface area contributed by atoms with Crippen molar-refractivity contribution in [3.8, 4) is 11.4 Å². The van der Waals surface area contributed by atoms with Gasteiger partial charge in [-0.3, -0.25) is 14.4 Å². The molecule has 1 unspecified atom stereocenters. The molecule has 0 aliphatic carbocycles. The fraction of sp³-hybridized carbons (Fsp3) is 0.484. The topological polar surface area (TPSA) is 160 Å². The summed E-state index contributed by atoms with van der Waals surface area (Å²) in [5, 5.41) is 13.9. The van der Waals surface area contributed by atoms with Gasteiger partial charge in [0, 0.05) is 25.1 Å². The van der Waals surface area contributed by atoms with Gasteiger partial charge in [0.2, 0.25) is 5.91 Å². The van der Waals surface area contributed by atoms with Gasteiger partial charge in [0.05, 0.1) is 31.5 Å². The van der Waals surface area contributed by atoms with Crippen molar-refractivity contribution in [1.82, 2.24) is 25.2 Å². The minimum Gasteiger partial charge on any atom is -0.460 e. The van der Waals surface area contributed by atoms with E-state index in [9.17, 15) is 24.3 Å². The van der Waals surface area contributed by atoms with Crippen LogP contribution in [0.25, 0.3) is 17.5 Å². The molecule has 0 saturated carbocycles. The summed E-state index contributed by atoms with van der Waals surface area (Å²) in [6.45, 7) is 9.59. The van der Waals surface area contributed by atoms with Crippen LogP contribution in [-0.2, 0) is 23.9 Å². The van der Waals surface area contributed by atoms with E-state index < -0.39 is 41.7 Å². The molecule has 2 amide bonds.